The molecule has 114 valence electrons. The first kappa shape index (κ1) is 13.4. The van der Waals surface area contributed by atoms with Crippen molar-refractivity contribution in [2.24, 2.45) is 30.2 Å². The molecule has 4 aliphatic carbocycles. The number of aromatic nitrogens is 2. The van der Waals surface area contributed by atoms with E-state index in [9.17, 15) is 4.79 Å². The van der Waals surface area contributed by atoms with Crippen LogP contribution in [0.15, 0.2) is 12.3 Å². The van der Waals surface area contributed by atoms with Crippen LogP contribution in [0.4, 0.5) is 0 Å². The summed E-state index contributed by atoms with van der Waals surface area (Å²) in [4.78, 5) is 12.4. The van der Waals surface area contributed by atoms with Crippen molar-refractivity contribution in [3.05, 3.63) is 18.0 Å². The molecule has 5 rings (SSSR count). The third-order valence-corrected chi connectivity index (χ3v) is 6.09. The highest BCUT2D eigenvalue weighted by molar-refractivity contribution is 5.76. The quantitative estimate of drug-likeness (QED) is 0.925. The standard InChI is InChI=1S/C17H25N3O/c1-20-15(2-3-19-20)11-18-16(21)10-17-7-12-4-13(8-17)6-14(5-12)9-17/h2-3,12-14H,4-11H2,1H3,(H,18,21). The van der Waals surface area contributed by atoms with Gasteiger partial charge in [-0.1, -0.05) is 0 Å². The lowest BCUT2D eigenvalue weighted by Crippen LogP contribution is -2.48. The number of rotatable bonds is 4. The van der Waals surface area contributed by atoms with Gasteiger partial charge in [-0.3, -0.25) is 9.48 Å². The average molecular weight is 287 g/mol. The van der Waals surface area contributed by atoms with E-state index in [-0.39, 0.29) is 5.91 Å². The van der Waals surface area contributed by atoms with Crippen LogP contribution < -0.4 is 5.32 Å². The first-order valence-corrected chi connectivity index (χ1v) is 8.35. The molecule has 0 aromatic carbocycles. The van der Waals surface area contributed by atoms with Gasteiger partial charge in [-0.15, -0.1) is 0 Å². The van der Waals surface area contributed by atoms with Gasteiger partial charge in [-0.05, 0) is 67.8 Å². The number of amides is 1. The normalized spacial score (nSPS) is 36.9. The Kier molecular flexibility index (Phi) is 3.09. The lowest BCUT2D eigenvalue weighted by atomic mass is 9.49. The van der Waals surface area contributed by atoms with Gasteiger partial charge in [0.1, 0.15) is 0 Å². The number of aryl methyl sites for hydroxylation is 1. The Morgan fingerprint density at radius 2 is 1.90 bits per heavy atom. The van der Waals surface area contributed by atoms with Gasteiger partial charge in [0.05, 0.1) is 12.2 Å². The van der Waals surface area contributed by atoms with Crippen LogP contribution in [0.2, 0.25) is 0 Å². The highest BCUT2D eigenvalue weighted by Crippen LogP contribution is 2.61. The first-order chi connectivity index (χ1) is 10.1. The Hall–Kier alpha value is -1.32. The molecule has 4 saturated carbocycles. The van der Waals surface area contributed by atoms with Crippen molar-refractivity contribution in [1.82, 2.24) is 15.1 Å². The van der Waals surface area contributed by atoms with E-state index in [0.29, 0.717) is 12.0 Å². The Bertz CT molecular complexity index is 513. The smallest absolute Gasteiger partial charge is 0.220 e. The molecular formula is C17H25N3O. The van der Waals surface area contributed by atoms with Gasteiger partial charge in [0, 0.05) is 19.7 Å². The number of carbonyl (C=O) groups is 1. The molecule has 4 heteroatoms. The van der Waals surface area contributed by atoms with E-state index in [4.69, 9.17) is 0 Å². The van der Waals surface area contributed by atoms with Crippen LogP contribution in [0.1, 0.15) is 50.6 Å². The lowest BCUT2D eigenvalue weighted by Gasteiger charge is -2.56. The summed E-state index contributed by atoms with van der Waals surface area (Å²) in [5.74, 6) is 2.99. The number of nitrogens with zero attached hydrogens (tertiary/aromatic N) is 2. The minimum Gasteiger partial charge on any atom is -0.350 e. The Morgan fingerprint density at radius 3 is 2.43 bits per heavy atom. The number of hydrogen-bond acceptors (Lipinski definition) is 2. The fourth-order valence-electron chi connectivity index (χ4n) is 5.67. The van der Waals surface area contributed by atoms with Gasteiger partial charge in [0.25, 0.3) is 0 Å². The fourth-order valence-corrected chi connectivity index (χ4v) is 5.67. The zero-order valence-corrected chi connectivity index (χ0v) is 12.8. The molecule has 0 unspecified atom stereocenters. The molecule has 1 aromatic heterocycles. The van der Waals surface area contributed by atoms with Gasteiger partial charge < -0.3 is 5.32 Å². The second kappa shape index (κ2) is 4.85. The Balaban J connectivity index is 1.37. The molecule has 1 N–H and O–H groups in total. The molecule has 1 heterocycles. The number of hydrogen-bond donors (Lipinski definition) is 1. The number of carbonyl (C=O) groups excluding carboxylic acids is 1. The molecule has 4 bridgehead atoms. The summed E-state index contributed by atoms with van der Waals surface area (Å²) in [5, 5.41) is 7.24. The van der Waals surface area contributed by atoms with E-state index in [1.165, 1.54) is 38.5 Å². The van der Waals surface area contributed by atoms with E-state index in [1.54, 1.807) is 6.20 Å². The van der Waals surface area contributed by atoms with E-state index in [1.807, 2.05) is 17.8 Å². The topological polar surface area (TPSA) is 46.9 Å². The summed E-state index contributed by atoms with van der Waals surface area (Å²) in [6, 6.07) is 1.96. The molecular weight excluding hydrogens is 262 g/mol. The second-order valence-corrected chi connectivity index (χ2v) is 7.82. The number of nitrogens with one attached hydrogen (secondary N) is 1. The van der Waals surface area contributed by atoms with Crippen LogP contribution in [-0.2, 0) is 18.4 Å². The molecule has 4 fully saturated rings. The maximum absolute atomic E-state index is 12.4. The molecule has 21 heavy (non-hydrogen) atoms. The van der Waals surface area contributed by atoms with Crippen LogP contribution in [0.5, 0.6) is 0 Å². The molecule has 0 spiro atoms. The highest BCUT2D eigenvalue weighted by Gasteiger charge is 2.51. The zero-order chi connectivity index (χ0) is 14.4. The van der Waals surface area contributed by atoms with Gasteiger partial charge in [-0.25, -0.2) is 0 Å². The molecule has 4 nitrogen and oxygen atoms in total. The first-order valence-electron chi connectivity index (χ1n) is 8.35. The van der Waals surface area contributed by atoms with Crippen molar-refractivity contribution in [2.75, 3.05) is 0 Å². The van der Waals surface area contributed by atoms with Gasteiger partial charge in [0.2, 0.25) is 5.91 Å². The predicted octanol–water partition coefficient (Wildman–Crippen LogP) is 2.64. The molecule has 1 aromatic rings. The predicted molar refractivity (Wildman–Crippen MR) is 80.3 cm³/mol. The highest BCUT2D eigenvalue weighted by atomic mass is 16.1. The SMILES string of the molecule is Cn1nccc1CNC(=O)CC12CC3CC(CC(C3)C1)C2. The van der Waals surface area contributed by atoms with Gasteiger partial charge in [0.15, 0.2) is 0 Å². The summed E-state index contributed by atoms with van der Waals surface area (Å²) in [6.45, 7) is 0.599. The Labute approximate surface area is 126 Å². The summed E-state index contributed by atoms with van der Waals surface area (Å²) in [7, 11) is 1.92. The lowest BCUT2D eigenvalue weighted by molar-refractivity contribution is -0.129. The molecule has 0 radical (unpaired) electrons. The third-order valence-electron chi connectivity index (χ3n) is 6.09. The van der Waals surface area contributed by atoms with Crippen molar-refractivity contribution in [2.45, 2.75) is 51.5 Å². The summed E-state index contributed by atoms with van der Waals surface area (Å²) < 4.78 is 1.82. The van der Waals surface area contributed by atoms with E-state index < -0.39 is 0 Å². The minimum atomic E-state index is 0.234. The molecule has 1 amide bonds. The second-order valence-electron chi connectivity index (χ2n) is 7.82. The monoisotopic (exact) mass is 287 g/mol. The van der Waals surface area contributed by atoms with Crippen LogP contribution in [0.3, 0.4) is 0 Å². The maximum atomic E-state index is 12.4. The van der Waals surface area contributed by atoms with Crippen LogP contribution in [0.25, 0.3) is 0 Å². The van der Waals surface area contributed by atoms with E-state index in [2.05, 4.69) is 10.4 Å². The van der Waals surface area contributed by atoms with Crippen LogP contribution in [-0.4, -0.2) is 15.7 Å². The molecule has 0 atom stereocenters. The Morgan fingerprint density at radius 1 is 1.29 bits per heavy atom. The zero-order valence-electron chi connectivity index (χ0n) is 12.8. The molecule has 0 aliphatic heterocycles. The van der Waals surface area contributed by atoms with Crippen molar-refractivity contribution in [3.8, 4) is 0 Å². The van der Waals surface area contributed by atoms with Crippen molar-refractivity contribution < 1.29 is 4.79 Å². The van der Waals surface area contributed by atoms with Crippen LogP contribution in [0, 0.1) is 23.2 Å². The van der Waals surface area contributed by atoms with Crippen molar-refractivity contribution in [3.63, 3.8) is 0 Å². The van der Waals surface area contributed by atoms with E-state index in [0.717, 1.165) is 29.9 Å². The molecule has 4 aliphatic rings. The van der Waals surface area contributed by atoms with Gasteiger partial charge >= 0.3 is 0 Å². The summed E-state index contributed by atoms with van der Waals surface area (Å²) in [5.41, 5.74) is 1.40. The average Bonchev–Trinajstić information content (AvgIpc) is 2.79. The minimum absolute atomic E-state index is 0.234. The van der Waals surface area contributed by atoms with E-state index >= 15 is 0 Å². The largest absolute Gasteiger partial charge is 0.350 e. The van der Waals surface area contributed by atoms with Crippen molar-refractivity contribution in [1.29, 1.82) is 0 Å². The van der Waals surface area contributed by atoms with Crippen LogP contribution >= 0.6 is 0 Å². The van der Waals surface area contributed by atoms with Crippen molar-refractivity contribution >= 4 is 5.91 Å². The third kappa shape index (κ3) is 2.49. The molecule has 0 saturated heterocycles. The summed E-state index contributed by atoms with van der Waals surface area (Å²) in [6.07, 6.45) is 10.8. The van der Waals surface area contributed by atoms with Gasteiger partial charge in [-0.2, -0.15) is 5.10 Å². The summed E-state index contributed by atoms with van der Waals surface area (Å²) >= 11 is 0. The maximum Gasteiger partial charge on any atom is 0.220 e. The fraction of sp³-hybridized carbons (Fsp3) is 0.765.